The van der Waals surface area contributed by atoms with Gasteiger partial charge in [-0.25, -0.2) is 0 Å². The van der Waals surface area contributed by atoms with Crippen LogP contribution in [0.5, 0.6) is 5.75 Å². The van der Waals surface area contributed by atoms with Gasteiger partial charge in [-0.2, -0.15) is 0 Å². The Morgan fingerprint density at radius 3 is 2.40 bits per heavy atom. The van der Waals surface area contributed by atoms with Gasteiger partial charge in [-0.15, -0.1) is 0 Å². The van der Waals surface area contributed by atoms with E-state index in [1.54, 1.807) is 30.3 Å². The third kappa shape index (κ3) is 3.38. The summed E-state index contributed by atoms with van der Waals surface area (Å²) in [6.45, 7) is 2.44. The van der Waals surface area contributed by atoms with E-state index in [1.165, 1.54) is 12.3 Å². The van der Waals surface area contributed by atoms with E-state index in [4.69, 9.17) is 9.15 Å². The molecule has 1 aromatic carbocycles. The van der Waals surface area contributed by atoms with Crippen LogP contribution in [0.3, 0.4) is 0 Å². The molecule has 0 aliphatic rings. The summed E-state index contributed by atoms with van der Waals surface area (Å²) in [5, 5.41) is 0. The number of ether oxygens (including phenoxy) is 1. The first-order valence-corrected chi connectivity index (χ1v) is 6.07. The summed E-state index contributed by atoms with van der Waals surface area (Å²) in [5.74, 6) is -0.136. The molecule has 1 heterocycles. The van der Waals surface area contributed by atoms with Gasteiger partial charge in [0.15, 0.2) is 5.76 Å². The minimum absolute atomic E-state index is 0.122. The van der Waals surface area contributed by atoms with E-state index in [0.29, 0.717) is 17.9 Å². The molecule has 104 valence electrons. The topological polar surface area (TPSA) is 80.6 Å². The van der Waals surface area contributed by atoms with Crippen LogP contribution in [0.2, 0.25) is 0 Å². The van der Waals surface area contributed by atoms with Crippen molar-refractivity contribution in [1.82, 2.24) is 10.9 Å². The maximum absolute atomic E-state index is 11.8. The van der Waals surface area contributed by atoms with Crippen molar-refractivity contribution in [2.45, 2.75) is 6.92 Å². The lowest BCUT2D eigenvalue weighted by atomic mass is 10.2. The molecular weight excluding hydrogens is 260 g/mol. The molecule has 2 aromatic rings. The Morgan fingerprint density at radius 1 is 1.10 bits per heavy atom. The third-order valence-electron chi connectivity index (χ3n) is 2.46. The van der Waals surface area contributed by atoms with Crippen LogP contribution in [0.15, 0.2) is 47.1 Å². The molecule has 0 saturated carbocycles. The zero-order valence-corrected chi connectivity index (χ0v) is 10.9. The van der Waals surface area contributed by atoms with E-state index in [0.717, 1.165) is 0 Å². The Labute approximate surface area is 115 Å². The molecule has 2 N–H and O–H groups in total. The monoisotopic (exact) mass is 274 g/mol. The van der Waals surface area contributed by atoms with Gasteiger partial charge in [-0.3, -0.25) is 20.4 Å². The lowest BCUT2D eigenvalue weighted by molar-refractivity contribution is 0.0831. The van der Waals surface area contributed by atoms with Crippen molar-refractivity contribution in [3.63, 3.8) is 0 Å². The van der Waals surface area contributed by atoms with Crippen molar-refractivity contribution in [3.8, 4) is 5.75 Å². The second-order valence-electron chi connectivity index (χ2n) is 3.84. The molecule has 0 atom stereocenters. The fourth-order valence-electron chi connectivity index (χ4n) is 1.52. The van der Waals surface area contributed by atoms with Gasteiger partial charge in [0, 0.05) is 5.56 Å². The molecule has 1 aromatic heterocycles. The molecule has 0 radical (unpaired) electrons. The highest BCUT2D eigenvalue weighted by molar-refractivity contribution is 5.97. The van der Waals surface area contributed by atoms with Crippen LogP contribution < -0.4 is 15.6 Å². The van der Waals surface area contributed by atoms with E-state index < -0.39 is 11.8 Å². The van der Waals surface area contributed by atoms with E-state index in [-0.39, 0.29) is 5.76 Å². The standard InChI is InChI=1S/C14H14N2O4/c1-2-19-11-7-5-10(6-8-11)13(17)15-16-14(18)12-4-3-9-20-12/h3-9H,2H2,1H3,(H,15,17)(H,16,18). The van der Waals surface area contributed by atoms with Gasteiger partial charge in [0.2, 0.25) is 0 Å². The van der Waals surface area contributed by atoms with Crippen LogP contribution in [0, 0.1) is 0 Å². The predicted octanol–water partition coefficient (Wildman–Crippen LogP) is 1.75. The molecular formula is C14H14N2O4. The zero-order valence-electron chi connectivity index (χ0n) is 10.9. The van der Waals surface area contributed by atoms with Crippen LogP contribution in [0.25, 0.3) is 0 Å². The molecule has 0 aliphatic carbocycles. The van der Waals surface area contributed by atoms with Gasteiger partial charge in [-0.1, -0.05) is 0 Å². The highest BCUT2D eigenvalue weighted by atomic mass is 16.5. The summed E-state index contributed by atoms with van der Waals surface area (Å²) < 4.78 is 10.2. The number of hydrogen-bond acceptors (Lipinski definition) is 4. The molecule has 0 bridgehead atoms. The van der Waals surface area contributed by atoms with Crippen LogP contribution >= 0.6 is 0 Å². The smallest absolute Gasteiger partial charge is 0.305 e. The number of furan rings is 1. The van der Waals surface area contributed by atoms with Gasteiger partial charge < -0.3 is 9.15 Å². The van der Waals surface area contributed by atoms with Gasteiger partial charge in [-0.05, 0) is 43.3 Å². The summed E-state index contributed by atoms with van der Waals surface area (Å²) in [7, 11) is 0. The van der Waals surface area contributed by atoms with Crippen LogP contribution in [-0.4, -0.2) is 18.4 Å². The SMILES string of the molecule is CCOc1ccc(C(=O)NNC(=O)c2ccco2)cc1. The van der Waals surface area contributed by atoms with Gasteiger partial charge in [0.25, 0.3) is 5.91 Å². The van der Waals surface area contributed by atoms with E-state index in [9.17, 15) is 9.59 Å². The fraction of sp³-hybridized carbons (Fsp3) is 0.143. The summed E-state index contributed by atoms with van der Waals surface area (Å²) >= 11 is 0. The number of nitrogens with one attached hydrogen (secondary N) is 2. The minimum Gasteiger partial charge on any atom is -0.494 e. The molecule has 0 fully saturated rings. The number of benzene rings is 1. The van der Waals surface area contributed by atoms with Crippen molar-refractivity contribution in [2.75, 3.05) is 6.61 Å². The maximum Gasteiger partial charge on any atom is 0.305 e. The number of carbonyl (C=O) groups excluding carboxylic acids is 2. The summed E-state index contributed by atoms with van der Waals surface area (Å²) in [5.41, 5.74) is 4.97. The lowest BCUT2D eigenvalue weighted by Crippen LogP contribution is -2.41. The molecule has 0 spiro atoms. The number of amides is 2. The molecule has 0 unspecified atom stereocenters. The normalized spacial score (nSPS) is 9.85. The minimum atomic E-state index is -0.519. The molecule has 2 amide bonds. The van der Waals surface area contributed by atoms with Crippen molar-refractivity contribution in [2.24, 2.45) is 0 Å². The van der Waals surface area contributed by atoms with Crippen LogP contribution in [-0.2, 0) is 0 Å². The first-order valence-electron chi connectivity index (χ1n) is 6.07. The van der Waals surface area contributed by atoms with Crippen molar-refractivity contribution in [1.29, 1.82) is 0 Å². The fourth-order valence-corrected chi connectivity index (χ4v) is 1.52. The Balaban J connectivity index is 1.90. The highest BCUT2D eigenvalue weighted by Crippen LogP contribution is 2.11. The van der Waals surface area contributed by atoms with E-state index in [2.05, 4.69) is 10.9 Å². The van der Waals surface area contributed by atoms with Crippen LogP contribution in [0.1, 0.15) is 27.8 Å². The lowest BCUT2D eigenvalue weighted by Gasteiger charge is -2.07. The predicted molar refractivity (Wildman–Crippen MR) is 71.3 cm³/mol. The van der Waals surface area contributed by atoms with Crippen molar-refractivity contribution < 1.29 is 18.7 Å². The average Bonchev–Trinajstić information content (AvgIpc) is 3.00. The molecule has 0 aliphatic heterocycles. The summed E-state index contributed by atoms with van der Waals surface area (Å²) in [4.78, 5) is 23.3. The number of carbonyl (C=O) groups is 2. The molecule has 0 saturated heterocycles. The molecule has 2 rings (SSSR count). The Bertz CT molecular complexity index is 576. The quantitative estimate of drug-likeness (QED) is 0.832. The molecule has 6 nitrogen and oxygen atoms in total. The zero-order chi connectivity index (χ0) is 14.4. The van der Waals surface area contributed by atoms with Crippen molar-refractivity contribution >= 4 is 11.8 Å². The number of rotatable bonds is 4. The Morgan fingerprint density at radius 2 is 1.80 bits per heavy atom. The first-order chi connectivity index (χ1) is 9.70. The third-order valence-corrected chi connectivity index (χ3v) is 2.46. The van der Waals surface area contributed by atoms with E-state index in [1.807, 2.05) is 6.92 Å². The Hall–Kier alpha value is -2.76. The maximum atomic E-state index is 11.8. The second-order valence-corrected chi connectivity index (χ2v) is 3.84. The number of hydrazine groups is 1. The van der Waals surface area contributed by atoms with Crippen molar-refractivity contribution in [3.05, 3.63) is 54.0 Å². The average molecular weight is 274 g/mol. The van der Waals surface area contributed by atoms with Crippen LogP contribution in [0.4, 0.5) is 0 Å². The van der Waals surface area contributed by atoms with E-state index >= 15 is 0 Å². The molecule has 6 heteroatoms. The summed E-state index contributed by atoms with van der Waals surface area (Å²) in [6.07, 6.45) is 1.38. The largest absolute Gasteiger partial charge is 0.494 e. The molecule has 20 heavy (non-hydrogen) atoms. The Kier molecular flexibility index (Phi) is 4.39. The second kappa shape index (κ2) is 6.42. The number of hydrogen-bond donors (Lipinski definition) is 2. The first kappa shape index (κ1) is 13.7. The van der Waals surface area contributed by atoms with Gasteiger partial charge in [0.1, 0.15) is 5.75 Å². The van der Waals surface area contributed by atoms with Gasteiger partial charge >= 0.3 is 5.91 Å². The van der Waals surface area contributed by atoms with Gasteiger partial charge in [0.05, 0.1) is 12.9 Å². The summed E-state index contributed by atoms with van der Waals surface area (Å²) in [6, 6.07) is 9.68. The highest BCUT2D eigenvalue weighted by Gasteiger charge is 2.10.